The van der Waals surface area contributed by atoms with Crippen LogP contribution in [0.4, 0.5) is 0 Å². The maximum absolute atomic E-state index is 9.65. The minimum Gasteiger partial charge on any atom is -0.396 e. The number of nitrogens with zero attached hydrogens (tertiary/aromatic N) is 1. The van der Waals surface area contributed by atoms with E-state index in [9.17, 15) is 5.11 Å². The van der Waals surface area contributed by atoms with Gasteiger partial charge < -0.3 is 5.11 Å². The summed E-state index contributed by atoms with van der Waals surface area (Å²) in [6, 6.07) is 21.1. The maximum atomic E-state index is 9.65. The van der Waals surface area contributed by atoms with E-state index in [4.69, 9.17) is 0 Å². The molecule has 0 saturated heterocycles. The molecule has 0 aliphatic rings. The molecule has 0 fully saturated rings. The first-order valence-electron chi connectivity index (χ1n) is 8.10. The van der Waals surface area contributed by atoms with Crippen LogP contribution in [0.1, 0.15) is 25.0 Å². The van der Waals surface area contributed by atoms with Crippen LogP contribution in [0.15, 0.2) is 60.7 Å². The summed E-state index contributed by atoms with van der Waals surface area (Å²) < 4.78 is 0. The summed E-state index contributed by atoms with van der Waals surface area (Å²) in [6.07, 6.45) is 0. The van der Waals surface area contributed by atoms with Gasteiger partial charge in [0.2, 0.25) is 0 Å². The number of hydrogen-bond donors (Lipinski definition) is 1. The molecule has 1 atom stereocenters. The number of aliphatic hydroxyl groups is 1. The van der Waals surface area contributed by atoms with E-state index in [0.29, 0.717) is 11.8 Å². The van der Waals surface area contributed by atoms with Gasteiger partial charge in [0.25, 0.3) is 0 Å². The fraction of sp³-hybridized carbons (Fsp3) is 0.400. The van der Waals surface area contributed by atoms with Gasteiger partial charge in [-0.25, -0.2) is 0 Å². The molecule has 0 heterocycles. The Bertz CT molecular complexity index is 482. The summed E-state index contributed by atoms with van der Waals surface area (Å²) in [5.41, 5.74) is 2.64. The van der Waals surface area contributed by atoms with Crippen molar-refractivity contribution in [2.24, 2.45) is 11.8 Å². The van der Waals surface area contributed by atoms with Crippen molar-refractivity contribution in [1.29, 1.82) is 0 Å². The highest BCUT2D eigenvalue weighted by molar-refractivity contribution is 5.17. The Morgan fingerprint density at radius 1 is 0.818 bits per heavy atom. The number of benzene rings is 2. The van der Waals surface area contributed by atoms with Gasteiger partial charge in [0.15, 0.2) is 0 Å². The fourth-order valence-electron chi connectivity index (χ4n) is 2.68. The van der Waals surface area contributed by atoms with Gasteiger partial charge in [-0.3, -0.25) is 4.90 Å². The standard InChI is InChI=1S/C20H27NO/c1-17(2)20(16-22)15-21(13-18-9-5-3-6-10-18)14-19-11-7-4-8-12-19/h3-12,17,20,22H,13-16H2,1-2H3/t20-/m1/s1. The molecule has 0 aromatic heterocycles. The summed E-state index contributed by atoms with van der Waals surface area (Å²) in [4.78, 5) is 2.44. The van der Waals surface area contributed by atoms with Crippen molar-refractivity contribution in [3.8, 4) is 0 Å². The number of hydrogen-bond acceptors (Lipinski definition) is 2. The number of aliphatic hydroxyl groups excluding tert-OH is 1. The van der Waals surface area contributed by atoms with Gasteiger partial charge in [-0.15, -0.1) is 0 Å². The fourth-order valence-corrected chi connectivity index (χ4v) is 2.68. The Kier molecular flexibility index (Phi) is 6.63. The Labute approximate surface area is 134 Å². The molecule has 22 heavy (non-hydrogen) atoms. The zero-order valence-electron chi connectivity index (χ0n) is 13.7. The monoisotopic (exact) mass is 297 g/mol. The molecule has 0 amide bonds. The van der Waals surface area contributed by atoms with E-state index >= 15 is 0 Å². The molecule has 0 aliphatic heterocycles. The Balaban J connectivity index is 2.09. The lowest BCUT2D eigenvalue weighted by molar-refractivity contribution is 0.124. The van der Waals surface area contributed by atoms with Crippen molar-refractivity contribution in [3.05, 3.63) is 71.8 Å². The third-order valence-electron chi connectivity index (χ3n) is 4.17. The second-order valence-electron chi connectivity index (χ2n) is 6.33. The SMILES string of the molecule is CC(C)[C@@H](CO)CN(Cc1ccccc1)Cc1ccccc1. The first-order chi connectivity index (χ1) is 10.7. The number of rotatable bonds is 8. The third-order valence-corrected chi connectivity index (χ3v) is 4.17. The second-order valence-corrected chi connectivity index (χ2v) is 6.33. The van der Waals surface area contributed by atoms with Crippen molar-refractivity contribution in [2.75, 3.05) is 13.2 Å². The van der Waals surface area contributed by atoms with Crippen molar-refractivity contribution in [2.45, 2.75) is 26.9 Å². The topological polar surface area (TPSA) is 23.5 Å². The maximum Gasteiger partial charge on any atom is 0.0473 e. The summed E-state index contributed by atoms with van der Waals surface area (Å²) in [5.74, 6) is 0.798. The highest BCUT2D eigenvalue weighted by Gasteiger charge is 2.17. The van der Waals surface area contributed by atoms with E-state index < -0.39 is 0 Å². The van der Waals surface area contributed by atoms with Crippen LogP contribution in [0.5, 0.6) is 0 Å². The van der Waals surface area contributed by atoms with E-state index in [2.05, 4.69) is 79.4 Å². The van der Waals surface area contributed by atoms with Gasteiger partial charge in [0, 0.05) is 26.2 Å². The Morgan fingerprint density at radius 3 is 1.64 bits per heavy atom. The average Bonchev–Trinajstić information content (AvgIpc) is 2.54. The van der Waals surface area contributed by atoms with Gasteiger partial charge in [-0.2, -0.15) is 0 Å². The summed E-state index contributed by atoms with van der Waals surface area (Å²) in [6.45, 7) is 7.36. The molecular weight excluding hydrogens is 270 g/mol. The lowest BCUT2D eigenvalue weighted by atomic mass is 9.95. The highest BCUT2D eigenvalue weighted by Crippen LogP contribution is 2.16. The molecule has 2 nitrogen and oxygen atoms in total. The molecule has 0 saturated carbocycles. The quantitative estimate of drug-likeness (QED) is 0.797. The zero-order valence-corrected chi connectivity index (χ0v) is 13.7. The van der Waals surface area contributed by atoms with Gasteiger partial charge in [0.05, 0.1) is 0 Å². The molecule has 0 unspecified atom stereocenters. The van der Waals surface area contributed by atoms with Gasteiger partial charge in [-0.05, 0) is 23.0 Å². The minimum atomic E-state index is 0.248. The van der Waals surface area contributed by atoms with Crippen molar-refractivity contribution in [3.63, 3.8) is 0 Å². The van der Waals surface area contributed by atoms with E-state index in [1.165, 1.54) is 11.1 Å². The van der Waals surface area contributed by atoms with Crippen molar-refractivity contribution < 1.29 is 5.11 Å². The first-order valence-corrected chi connectivity index (χ1v) is 8.10. The molecule has 118 valence electrons. The molecule has 0 spiro atoms. The molecule has 1 N–H and O–H groups in total. The van der Waals surface area contributed by atoms with Gasteiger partial charge in [-0.1, -0.05) is 74.5 Å². The smallest absolute Gasteiger partial charge is 0.0473 e. The second kappa shape index (κ2) is 8.72. The molecule has 2 heteroatoms. The van der Waals surface area contributed by atoms with Crippen LogP contribution < -0.4 is 0 Å². The van der Waals surface area contributed by atoms with Crippen LogP contribution in [0.25, 0.3) is 0 Å². The summed E-state index contributed by atoms with van der Waals surface area (Å²) in [7, 11) is 0. The largest absolute Gasteiger partial charge is 0.396 e. The van der Waals surface area contributed by atoms with Gasteiger partial charge in [0.1, 0.15) is 0 Å². The Hall–Kier alpha value is -1.64. The molecule has 2 rings (SSSR count). The molecule has 0 radical (unpaired) electrons. The van der Waals surface area contributed by atoms with Gasteiger partial charge >= 0.3 is 0 Å². The van der Waals surface area contributed by atoms with Crippen LogP contribution in [-0.2, 0) is 13.1 Å². The minimum absolute atomic E-state index is 0.248. The summed E-state index contributed by atoms with van der Waals surface area (Å²) >= 11 is 0. The molecule has 2 aromatic rings. The van der Waals surface area contributed by atoms with E-state index in [1.54, 1.807) is 0 Å². The molecule has 0 aliphatic carbocycles. The average molecular weight is 297 g/mol. The lowest BCUT2D eigenvalue weighted by Crippen LogP contribution is -2.32. The molecule has 2 aromatic carbocycles. The van der Waals surface area contributed by atoms with E-state index in [-0.39, 0.29) is 6.61 Å². The zero-order chi connectivity index (χ0) is 15.8. The summed E-state index contributed by atoms with van der Waals surface area (Å²) in [5, 5.41) is 9.65. The molecule has 0 bridgehead atoms. The van der Waals surface area contributed by atoms with Crippen LogP contribution in [0.2, 0.25) is 0 Å². The van der Waals surface area contributed by atoms with Crippen LogP contribution in [0.3, 0.4) is 0 Å². The first kappa shape index (κ1) is 16.7. The van der Waals surface area contributed by atoms with Crippen LogP contribution in [-0.4, -0.2) is 23.2 Å². The normalized spacial score (nSPS) is 12.8. The van der Waals surface area contributed by atoms with E-state index in [0.717, 1.165) is 19.6 Å². The van der Waals surface area contributed by atoms with Crippen LogP contribution in [0, 0.1) is 11.8 Å². The predicted molar refractivity (Wildman–Crippen MR) is 92.4 cm³/mol. The lowest BCUT2D eigenvalue weighted by Gasteiger charge is -2.29. The Morgan fingerprint density at radius 2 is 1.27 bits per heavy atom. The highest BCUT2D eigenvalue weighted by atomic mass is 16.3. The van der Waals surface area contributed by atoms with Crippen LogP contribution >= 0.6 is 0 Å². The van der Waals surface area contributed by atoms with E-state index in [1.807, 2.05) is 0 Å². The molecular formula is C20H27NO. The van der Waals surface area contributed by atoms with Crippen molar-refractivity contribution in [1.82, 2.24) is 4.90 Å². The predicted octanol–water partition coefficient (Wildman–Crippen LogP) is 3.95. The van der Waals surface area contributed by atoms with Crippen molar-refractivity contribution >= 4 is 0 Å². The third kappa shape index (κ3) is 5.28.